The fraction of sp³-hybridized carbons (Fsp3) is 0.531. The van der Waals surface area contributed by atoms with Gasteiger partial charge in [0.1, 0.15) is 49.6 Å². The molecule has 0 aliphatic carbocycles. The summed E-state index contributed by atoms with van der Waals surface area (Å²) in [4.78, 5) is 78.9. The molecule has 1 aromatic heterocycles. The van der Waals surface area contributed by atoms with Gasteiger partial charge in [0, 0.05) is 19.5 Å². The molecule has 1 aromatic rings. The third-order valence-electron chi connectivity index (χ3n) is 7.41. The molecule has 0 saturated carbocycles. The minimum atomic E-state index is -4.59. The van der Waals surface area contributed by atoms with Crippen LogP contribution in [0.3, 0.4) is 0 Å². The second kappa shape index (κ2) is 21.1. The number of anilines is 1. The lowest BCUT2D eigenvalue weighted by atomic mass is 10.2. The summed E-state index contributed by atoms with van der Waals surface area (Å²) < 4.78 is 52.4. The van der Waals surface area contributed by atoms with Crippen molar-refractivity contribution in [3.8, 4) is 0 Å². The molecule has 292 valence electrons. The predicted molar refractivity (Wildman–Crippen MR) is 185 cm³/mol. The Labute approximate surface area is 305 Å². The van der Waals surface area contributed by atoms with Crippen LogP contribution in [0.4, 0.5) is 10.6 Å². The standard InChI is InChI=1S/C32H45N6O14P/c1-6-14-46-30(42)20(4)34-29(41)23(35-28(40)22-10-9-12-33-22)18-49-53(45,48-16-8-3)50-19-25-24(51-21(5)39)17-27(52-25)38-13-11-26(36-31(38)43)37-32(44)47-15-7-2/h6-8,11,13,20,22-25,27,33H,1-3,9-10,12,14-19H2,4-5H3,(H,34,41)(H,35,40)(H,36,37,43,44)/t20-,22-,23-,24-,25+,27+,53?/m0/s1. The lowest BCUT2D eigenvalue weighted by molar-refractivity contribution is -0.150. The Morgan fingerprint density at radius 2 is 1.79 bits per heavy atom. The van der Waals surface area contributed by atoms with Crippen LogP contribution in [-0.2, 0) is 56.3 Å². The maximum Gasteiger partial charge on any atom is 0.475 e. The number of aromatic nitrogens is 2. The molecular weight excluding hydrogens is 723 g/mol. The maximum atomic E-state index is 13.8. The van der Waals surface area contributed by atoms with Crippen LogP contribution in [0.25, 0.3) is 0 Å². The number of phosphoric acid groups is 1. The van der Waals surface area contributed by atoms with Crippen LogP contribution in [0.1, 0.15) is 39.3 Å². The van der Waals surface area contributed by atoms with Crippen LogP contribution in [-0.4, -0.2) is 109 Å². The topological polar surface area (TPSA) is 250 Å². The van der Waals surface area contributed by atoms with Crippen LogP contribution < -0.4 is 27.0 Å². The van der Waals surface area contributed by atoms with Crippen LogP contribution in [0.5, 0.6) is 0 Å². The van der Waals surface area contributed by atoms with Crippen LogP contribution in [0.15, 0.2) is 55.0 Å². The minimum absolute atomic E-state index is 0.0566. The van der Waals surface area contributed by atoms with Crippen LogP contribution in [0, 0.1) is 0 Å². The number of hydrogen-bond donors (Lipinski definition) is 4. The zero-order chi connectivity index (χ0) is 39.0. The highest BCUT2D eigenvalue weighted by molar-refractivity contribution is 7.48. The van der Waals surface area contributed by atoms with Crippen molar-refractivity contribution in [2.45, 2.75) is 69.7 Å². The molecule has 3 amide bonds. The first-order valence-corrected chi connectivity index (χ1v) is 18.0. The van der Waals surface area contributed by atoms with Gasteiger partial charge in [0.15, 0.2) is 0 Å². The van der Waals surface area contributed by atoms with E-state index in [-0.39, 0.29) is 32.1 Å². The minimum Gasteiger partial charge on any atom is -0.460 e. The Kier molecular flexibility index (Phi) is 17.0. The Morgan fingerprint density at radius 3 is 2.43 bits per heavy atom. The van der Waals surface area contributed by atoms with Crippen molar-refractivity contribution in [1.82, 2.24) is 25.5 Å². The first-order chi connectivity index (χ1) is 25.3. The SMILES string of the molecule is C=CCOC(=O)Nc1ccn([C@H]2C[C@H](OC(C)=O)[C@@H](COP(=O)(OCC=C)OC[C@H](NC(=O)[C@@H]3CCCN3)C(=O)N[C@@H](C)C(=O)OCC=C)O2)c(=O)n1. The number of hydrogen-bond acceptors (Lipinski definition) is 16. The summed E-state index contributed by atoms with van der Waals surface area (Å²) in [5, 5.41) is 10.3. The Balaban J connectivity index is 1.75. The molecule has 2 aliphatic heterocycles. The van der Waals surface area contributed by atoms with E-state index >= 15 is 0 Å². The average Bonchev–Trinajstić information content (AvgIpc) is 3.80. The third-order valence-corrected chi connectivity index (χ3v) is 8.81. The molecular formula is C32H45N6O14P. The zero-order valence-corrected chi connectivity index (χ0v) is 30.3. The summed E-state index contributed by atoms with van der Waals surface area (Å²) in [6, 6.07) is -1.90. The van der Waals surface area contributed by atoms with Gasteiger partial charge in [0.25, 0.3) is 0 Å². The lowest BCUT2D eigenvalue weighted by Crippen LogP contribution is -2.55. The lowest BCUT2D eigenvalue weighted by Gasteiger charge is -2.25. The van der Waals surface area contributed by atoms with Gasteiger partial charge in [-0.2, -0.15) is 4.98 Å². The van der Waals surface area contributed by atoms with E-state index in [4.69, 9.17) is 32.5 Å². The van der Waals surface area contributed by atoms with Gasteiger partial charge in [-0.25, -0.2) is 18.9 Å². The van der Waals surface area contributed by atoms with Crippen molar-refractivity contribution in [1.29, 1.82) is 0 Å². The van der Waals surface area contributed by atoms with Crippen molar-refractivity contribution >= 4 is 43.5 Å². The normalized spacial score (nSPS) is 21.5. The number of amides is 3. The van der Waals surface area contributed by atoms with Crippen LogP contribution >= 0.6 is 7.82 Å². The molecule has 4 N–H and O–H groups in total. The van der Waals surface area contributed by atoms with Crippen molar-refractivity contribution < 1.29 is 61.1 Å². The van der Waals surface area contributed by atoms with E-state index in [0.29, 0.717) is 13.0 Å². The van der Waals surface area contributed by atoms with Gasteiger partial charge < -0.3 is 34.9 Å². The molecule has 0 bridgehead atoms. The molecule has 1 unspecified atom stereocenters. The van der Waals surface area contributed by atoms with Crippen LogP contribution in [0.2, 0.25) is 0 Å². The molecule has 0 spiro atoms. The Morgan fingerprint density at radius 1 is 1.08 bits per heavy atom. The van der Waals surface area contributed by atoms with Crippen molar-refractivity contribution in [3.63, 3.8) is 0 Å². The molecule has 0 radical (unpaired) electrons. The summed E-state index contributed by atoms with van der Waals surface area (Å²) in [7, 11) is -4.59. The molecule has 2 saturated heterocycles. The fourth-order valence-corrected chi connectivity index (χ4v) is 6.10. The van der Waals surface area contributed by atoms with E-state index in [1.807, 2.05) is 0 Å². The predicted octanol–water partition coefficient (Wildman–Crippen LogP) is 1.01. The highest BCUT2D eigenvalue weighted by Gasteiger charge is 2.42. The van der Waals surface area contributed by atoms with Gasteiger partial charge in [0.2, 0.25) is 11.8 Å². The molecule has 53 heavy (non-hydrogen) atoms. The highest BCUT2D eigenvalue weighted by atomic mass is 31.2. The molecule has 2 aliphatic rings. The Bertz CT molecular complexity index is 1600. The van der Waals surface area contributed by atoms with Crippen molar-refractivity contribution in [2.75, 3.05) is 44.9 Å². The largest absolute Gasteiger partial charge is 0.475 e. The number of carbonyl (C=O) groups excluding carboxylic acids is 5. The number of rotatable bonds is 21. The third kappa shape index (κ3) is 13.6. The molecule has 3 rings (SSSR count). The average molecular weight is 769 g/mol. The molecule has 2 fully saturated rings. The van der Waals surface area contributed by atoms with Crippen molar-refractivity contribution in [3.05, 3.63) is 60.7 Å². The summed E-state index contributed by atoms with van der Waals surface area (Å²) in [5.74, 6) is -2.94. The van der Waals surface area contributed by atoms with E-state index < -0.39 is 93.1 Å². The summed E-state index contributed by atoms with van der Waals surface area (Å²) >= 11 is 0. The Hall–Kier alpha value is -4.72. The first kappa shape index (κ1) is 42.7. The number of phosphoric ester groups is 1. The van der Waals surface area contributed by atoms with Gasteiger partial charge in [-0.1, -0.05) is 31.4 Å². The molecule has 0 aromatic carbocycles. The number of nitrogens with one attached hydrogen (secondary N) is 4. The second-order valence-corrected chi connectivity index (χ2v) is 13.2. The number of ether oxygens (including phenoxy) is 4. The van der Waals surface area contributed by atoms with E-state index in [1.54, 1.807) is 0 Å². The van der Waals surface area contributed by atoms with Gasteiger partial charge in [-0.15, -0.1) is 6.58 Å². The monoisotopic (exact) mass is 768 g/mol. The van der Waals surface area contributed by atoms with Gasteiger partial charge in [-0.3, -0.25) is 37.8 Å². The van der Waals surface area contributed by atoms with Gasteiger partial charge in [-0.05, 0) is 32.4 Å². The maximum absolute atomic E-state index is 13.8. The van der Waals surface area contributed by atoms with Crippen molar-refractivity contribution in [2.24, 2.45) is 0 Å². The number of nitrogens with zero attached hydrogens (tertiary/aromatic N) is 2. The van der Waals surface area contributed by atoms with E-state index in [9.17, 15) is 33.3 Å². The molecule has 20 nitrogen and oxygen atoms in total. The molecule has 7 atom stereocenters. The van der Waals surface area contributed by atoms with E-state index in [2.05, 4.69) is 46.0 Å². The number of esters is 2. The van der Waals surface area contributed by atoms with E-state index in [1.165, 1.54) is 37.4 Å². The second-order valence-electron chi connectivity index (χ2n) is 11.5. The van der Waals surface area contributed by atoms with Gasteiger partial charge >= 0.3 is 31.5 Å². The highest BCUT2D eigenvalue weighted by Crippen LogP contribution is 2.50. The number of carbonyl (C=O) groups is 5. The smallest absolute Gasteiger partial charge is 0.460 e. The molecule has 21 heteroatoms. The fourth-order valence-electron chi connectivity index (χ4n) is 4.92. The summed E-state index contributed by atoms with van der Waals surface area (Å²) in [5.41, 5.74) is -0.828. The quantitative estimate of drug-likeness (QED) is 0.0590. The summed E-state index contributed by atoms with van der Waals surface area (Å²) in [6.07, 6.45) is 2.41. The first-order valence-electron chi connectivity index (χ1n) is 16.5. The zero-order valence-electron chi connectivity index (χ0n) is 29.4. The van der Waals surface area contributed by atoms with Gasteiger partial charge in [0.05, 0.1) is 25.9 Å². The molecule has 3 heterocycles. The van der Waals surface area contributed by atoms with E-state index in [0.717, 1.165) is 17.9 Å². The summed E-state index contributed by atoms with van der Waals surface area (Å²) in [6.45, 7) is 11.8.